The molecule has 1 aromatic heterocycles. The first-order valence-corrected chi connectivity index (χ1v) is 12.0. The van der Waals surface area contributed by atoms with Gasteiger partial charge < -0.3 is 0 Å². The Morgan fingerprint density at radius 2 is 1.65 bits per heavy atom. The average Bonchev–Trinajstić information content (AvgIpc) is 3.25. The van der Waals surface area contributed by atoms with Crippen LogP contribution in [0.5, 0.6) is 0 Å². The van der Waals surface area contributed by atoms with Crippen LogP contribution in [0.1, 0.15) is 53.8 Å². The maximum Gasteiger partial charge on any atom is 0.0671 e. The van der Waals surface area contributed by atoms with E-state index in [2.05, 4.69) is 66.8 Å². The topological polar surface area (TPSA) is 12.9 Å². The third kappa shape index (κ3) is 2.72. The standard InChI is InChI=1S/C30H27N/c1-2-9-23-20(5-1)11-13-25-24(23)14-15-26-27(25)17-22(19-6-3-7-19)18-28(26)30-16-12-21-8-4-10-29(21)31-30/h1-2,4-5,8-9,11-12,14-16,19,22H,3,6-7,10,13,17-18H2. The van der Waals surface area contributed by atoms with Gasteiger partial charge in [-0.3, -0.25) is 4.98 Å². The summed E-state index contributed by atoms with van der Waals surface area (Å²) >= 11 is 0. The monoisotopic (exact) mass is 401 g/mol. The van der Waals surface area contributed by atoms with Gasteiger partial charge in [0.2, 0.25) is 0 Å². The smallest absolute Gasteiger partial charge is 0.0671 e. The van der Waals surface area contributed by atoms with Crippen molar-refractivity contribution in [3.8, 4) is 0 Å². The lowest BCUT2D eigenvalue weighted by Gasteiger charge is -2.37. The zero-order valence-corrected chi connectivity index (χ0v) is 17.9. The molecular weight excluding hydrogens is 374 g/mol. The summed E-state index contributed by atoms with van der Waals surface area (Å²) in [6.45, 7) is 0. The fourth-order valence-corrected chi connectivity index (χ4v) is 6.31. The third-order valence-corrected chi connectivity index (χ3v) is 8.21. The van der Waals surface area contributed by atoms with Crippen LogP contribution >= 0.6 is 0 Å². The molecule has 31 heavy (non-hydrogen) atoms. The minimum absolute atomic E-state index is 0.771. The van der Waals surface area contributed by atoms with E-state index in [1.165, 1.54) is 75.5 Å². The number of fused-ring (bicyclic) bond motifs is 5. The lowest BCUT2D eigenvalue weighted by atomic mass is 9.68. The molecule has 0 spiro atoms. The number of rotatable bonds is 2. The van der Waals surface area contributed by atoms with Gasteiger partial charge in [-0.05, 0) is 80.3 Å². The Kier molecular flexibility index (Phi) is 3.88. The molecule has 0 saturated heterocycles. The molecule has 1 saturated carbocycles. The highest BCUT2D eigenvalue weighted by Gasteiger charge is 2.32. The Bertz CT molecular complexity index is 1470. The first-order chi connectivity index (χ1) is 15.3. The van der Waals surface area contributed by atoms with Crippen molar-refractivity contribution in [1.29, 1.82) is 0 Å². The number of nitrogens with zero attached hydrogens (tertiary/aromatic N) is 1. The normalized spacial score (nSPS) is 20.9. The zero-order valence-electron chi connectivity index (χ0n) is 17.9. The van der Waals surface area contributed by atoms with Crippen LogP contribution in [-0.4, -0.2) is 4.98 Å². The minimum atomic E-state index is 0.771. The molecule has 1 unspecified atom stereocenters. The summed E-state index contributed by atoms with van der Waals surface area (Å²) in [7, 11) is 0. The predicted molar refractivity (Wildman–Crippen MR) is 127 cm³/mol. The minimum Gasteiger partial charge on any atom is -0.252 e. The van der Waals surface area contributed by atoms with Gasteiger partial charge >= 0.3 is 0 Å². The molecular formula is C30H27N. The van der Waals surface area contributed by atoms with Crippen molar-refractivity contribution >= 4 is 17.7 Å². The highest BCUT2D eigenvalue weighted by Crippen LogP contribution is 2.41. The number of hydrogen-bond donors (Lipinski definition) is 0. The van der Waals surface area contributed by atoms with Crippen molar-refractivity contribution in [3.63, 3.8) is 0 Å². The van der Waals surface area contributed by atoms with Gasteiger partial charge in [0.25, 0.3) is 0 Å². The van der Waals surface area contributed by atoms with Crippen molar-refractivity contribution in [2.24, 2.45) is 11.8 Å². The summed E-state index contributed by atoms with van der Waals surface area (Å²) in [5.41, 5.74) is 8.44. The van der Waals surface area contributed by atoms with E-state index in [1.54, 1.807) is 11.1 Å². The van der Waals surface area contributed by atoms with E-state index in [0.29, 0.717) is 0 Å². The second kappa shape index (κ2) is 6.79. The maximum atomic E-state index is 5.15. The van der Waals surface area contributed by atoms with Gasteiger partial charge in [-0.15, -0.1) is 0 Å². The van der Waals surface area contributed by atoms with Gasteiger partial charge in [0.05, 0.1) is 11.4 Å². The molecule has 1 fully saturated rings. The van der Waals surface area contributed by atoms with E-state index in [9.17, 15) is 0 Å². The lowest BCUT2D eigenvalue weighted by molar-refractivity contribution is 0.205. The van der Waals surface area contributed by atoms with Crippen LogP contribution < -0.4 is 10.4 Å². The van der Waals surface area contributed by atoms with Crippen molar-refractivity contribution in [2.45, 2.75) is 44.9 Å². The predicted octanol–water partition coefficient (Wildman–Crippen LogP) is 4.84. The van der Waals surface area contributed by atoms with Crippen molar-refractivity contribution in [3.05, 3.63) is 104 Å². The number of benzene rings is 2. The summed E-state index contributed by atoms with van der Waals surface area (Å²) in [5.74, 6) is 1.67. The molecule has 1 nitrogen and oxygen atoms in total. The lowest BCUT2D eigenvalue weighted by Crippen LogP contribution is -2.33. The van der Waals surface area contributed by atoms with Gasteiger partial charge in [-0.25, -0.2) is 0 Å². The van der Waals surface area contributed by atoms with Crippen LogP contribution in [0.25, 0.3) is 17.7 Å². The largest absolute Gasteiger partial charge is 0.252 e. The van der Waals surface area contributed by atoms with Crippen LogP contribution in [0.4, 0.5) is 0 Å². The fourth-order valence-electron chi connectivity index (χ4n) is 6.31. The average molecular weight is 402 g/mol. The SMILES string of the molecule is C1=Cc2ccc(C3=c4ccc5c(c4CC(C4CCC4)C3)CC=c3ccccc3=5)nc2C1. The second-order valence-corrected chi connectivity index (χ2v) is 9.79. The fraction of sp³-hybridized carbons (Fsp3) is 0.300. The number of pyridine rings is 1. The van der Waals surface area contributed by atoms with Gasteiger partial charge in [-0.1, -0.05) is 80.0 Å². The summed E-state index contributed by atoms with van der Waals surface area (Å²) in [5, 5.41) is 5.72. The van der Waals surface area contributed by atoms with Crippen LogP contribution in [0.2, 0.25) is 0 Å². The maximum absolute atomic E-state index is 5.15. The molecule has 1 atom stereocenters. The van der Waals surface area contributed by atoms with E-state index in [0.717, 1.165) is 24.7 Å². The van der Waals surface area contributed by atoms with E-state index in [1.807, 2.05) is 0 Å². The van der Waals surface area contributed by atoms with E-state index >= 15 is 0 Å². The Balaban J connectivity index is 1.50. The highest BCUT2D eigenvalue weighted by molar-refractivity contribution is 5.68. The Labute approximate surface area is 183 Å². The van der Waals surface area contributed by atoms with Crippen LogP contribution in [0.15, 0.2) is 54.6 Å². The quantitative estimate of drug-likeness (QED) is 0.599. The molecule has 2 aromatic carbocycles. The molecule has 0 bridgehead atoms. The second-order valence-electron chi connectivity index (χ2n) is 9.79. The van der Waals surface area contributed by atoms with Crippen LogP contribution in [0, 0.1) is 22.3 Å². The molecule has 3 aromatic rings. The van der Waals surface area contributed by atoms with Gasteiger partial charge in [0.15, 0.2) is 0 Å². The summed E-state index contributed by atoms with van der Waals surface area (Å²) in [4.78, 5) is 5.15. The van der Waals surface area contributed by atoms with E-state index in [-0.39, 0.29) is 0 Å². The molecule has 7 rings (SSSR count). The Morgan fingerprint density at radius 1 is 0.742 bits per heavy atom. The summed E-state index contributed by atoms with van der Waals surface area (Å²) in [6, 6.07) is 18.2. The molecule has 1 heterocycles. The van der Waals surface area contributed by atoms with Gasteiger partial charge in [-0.2, -0.15) is 0 Å². The third-order valence-electron chi connectivity index (χ3n) is 8.21. The van der Waals surface area contributed by atoms with Crippen molar-refractivity contribution < 1.29 is 0 Å². The molecule has 0 amide bonds. The first kappa shape index (κ1) is 17.7. The molecule has 152 valence electrons. The summed E-state index contributed by atoms with van der Waals surface area (Å²) in [6.07, 6.45) is 15.6. The van der Waals surface area contributed by atoms with Crippen molar-refractivity contribution in [1.82, 2.24) is 4.98 Å². The number of allylic oxidation sites excluding steroid dienone is 1. The van der Waals surface area contributed by atoms with Gasteiger partial charge in [0, 0.05) is 6.42 Å². The molecule has 0 N–H and O–H groups in total. The summed E-state index contributed by atoms with van der Waals surface area (Å²) < 4.78 is 0. The first-order valence-electron chi connectivity index (χ1n) is 12.0. The van der Waals surface area contributed by atoms with Crippen LogP contribution in [-0.2, 0) is 19.3 Å². The number of aromatic nitrogens is 1. The zero-order chi connectivity index (χ0) is 20.4. The number of hydrogen-bond acceptors (Lipinski definition) is 1. The molecule has 4 aliphatic carbocycles. The van der Waals surface area contributed by atoms with Gasteiger partial charge in [0.1, 0.15) is 0 Å². The molecule has 4 aliphatic rings. The Hall–Kier alpha value is -2.93. The molecule has 0 aliphatic heterocycles. The highest BCUT2D eigenvalue weighted by atomic mass is 14.7. The van der Waals surface area contributed by atoms with Crippen molar-refractivity contribution in [2.75, 3.05) is 0 Å². The Morgan fingerprint density at radius 3 is 2.55 bits per heavy atom. The van der Waals surface area contributed by atoms with Crippen LogP contribution in [0.3, 0.4) is 0 Å². The molecule has 0 radical (unpaired) electrons. The van der Waals surface area contributed by atoms with E-state index < -0.39 is 0 Å². The van der Waals surface area contributed by atoms with E-state index in [4.69, 9.17) is 4.98 Å². The molecule has 1 heteroatoms.